The second-order valence-electron chi connectivity index (χ2n) is 6.53. The van der Waals surface area contributed by atoms with Crippen molar-refractivity contribution in [3.8, 4) is 0 Å². The van der Waals surface area contributed by atoms with Crippen LogP contribution in [0.4, 0.5) is 0 Å². The molecule has 1 atom stereocenters. The molecule has 1 fully saturated rings. The minimum absolute atomic E-state index is 0.172. The summed E-state index contributed by atoms with van der Waals surface area (Å²) < 4.78 is 5.16. The van der Waals surface area contributed by atoms with Crippen molar-refractivity contribution in [2.75, 3.05) is 6.61 Å². The van der Waals surface area contributed by atoms with Gasteiger partial charge >= 0.3 is 5.97 Å². The predicted molar refractivity (Wildman–Crippen MR) is 86.2 cm³/mol. The molecule has 4 nitrogen and oxygen atoms in total. The average Bonchev–Trinajstić information content (AvgIpc) is 3.13. The summed E-state index contributed by atoms with van der Waals surface area (Å²) in [7, 11) is 0. The normalized spacial score (nSPS) is 21.4. The average molecular weight is 321 g/mol. The Morgan fingerprint density at radius 3 is 2.86 bits per heavy atom. The molecule has 0 saturated heterocycles. The van der Waals surface area contributed by atoms with Gasteiger partial charge in [0.1, 0.15) is 4.88 Å². The van der Waals surface area contributed by atoms with Gasteiger partial charge in [0.25, 0.3) is 5.91 Å². The highest BCUT2D eigenvalue weighted by atomic mass is 32.1. The highest BCUT2D eigenvalue weighted by molar-refractivity contribution is 7.14. The van der Waals surface area contributed by atoms with Crippen molar-refractivity contribution < 1.29 is 14.3 Å². The molecule has 1 N–H and O–H groups in total. The Morgan fingerprint density at radius 1 is 1.32 bits per heavy atom. The number of ether oxygens (including phenoxy) is 1. The van der Waals surface area contributed by atoms with Crippen LogP contribution in [-0.4, -0.2) is 24.5 Å². The van der Waals surface area contributed by atoms with E-state index in [-0.39, 0.29) is 24.5 Å². The van der Waals surface area contributed by atoms with Gasteiger partial charge in [0.2, 0.25) is 0 Å². The van der Waals surface area contributed by atoms with E-state index in [1.807, 2.05) is 6.07 Å². The van der Waals surface area contributed by atoms with Crippen LogP contribution in [0, 0.1) is 5.92 Å². The maximum Gasteiger partial charge on any atom is 0.348 e. The van der Waals surface area contributed by atoms with E-state index < -0.39 is 0 Å². The number of nitrogens with one attached hydrogen (secondary N) is 1. The molecule has 1 amide bonds. The lowest BCUT2D eigenvalue weighted by molar-refractivity contribution is -0.124. The van der Waals surface area contributed by atoms with E-state index in [2.05, 4.69) is 12.2 Å². The zero-order valence-corrected chi connectivity index (χ0v) is 13.8. The summed E-state index contributed by atoms with van der Waals surface area (Å²) in [6, 6.07) is 2.22. The molecule has 0 unspecified atom stereocenters. The molecule has 1 saturated carbocycles. The number of esters is 1. The van der Waals surface area contributed by atoms with Gasteiger partial charge in [-0.15, -0.1) is 11.3 Å². The summed E-state index contributed by atoms with van der Waals surface area (Å²) in [5.41, 5.74) is 1.28. The molecule has 2 aliphatic carbocycles. The molecule has 120 valence electrons. The minimum Gasteiger partial charge on any atom is -0.451 e. The van der Waals surface area contributed by atoms with E-state index in [0.717, 1.165) is 25.7 Å². The third-order valence-electron chi connectivity index (χ3n) is 4.59. The Morgan fingerprint density at radius 2 is 2.09 bits per heavy atom. The zero-order valence-electron chi connectivity index (χ0n) is 13.0. The summed E-state index contributed by atoms with van der Waals surface area (Å²) in [5.74, 6) is 0.131. The maximum absolute atomic E-state index is 12.1. The van der Waals surface area contributed by atoms with Crippen LogP contribution in [-0.2, 0) is 22.4 Å². The Labute approximate surface area is 135 Å². The van der Waals surface area contributed by atoms with Crippen molar-refractivity contribution in [1.82, 2.24) is 5.32 Å². The van der Waals surface area contributed by atoms with Crippen molar-refractivity contribution in [2.24, 2.45) is 5.92 Å². The molecule has 5 heteroatoms. The standard InChI is InChI=1S/C17H23NO3S/c1-11-6-7-14-12(8-11)9-15(22-14)17(20)21-10-16(19)18-13-4-2-3-5-13/h9,11,13H,2-8,10H2,1H3,(H,18,19)/t11-/m1/s1. The van der Waals surface area contributed by atoms with E-state index in [4.69, 9.17) is 4.74 Å². The summed E-state index contributed by atoms with van der Waals surface area (Å²) in [4.78, 5) is 25.8. The molecule has 0 bridgehead atoms. The molecule has 3 rings (SSSR count). The number of hydrogen-bond donors (Lipinski definition) is 1. The first-order valence-corrected chi connectivity index (χ1v) is 9.01. The fourth-order valence-corrected chi connectivity index (χ4v) is 4.45. The van der Waals surface area contributed by atoms with E-state index in [0.29, 0.717) is 10.8 Å². The lowest BCUT2D eigenvalue weighted by Crippen LogP contribution is -2.35. The molecule has 1 aromatic rings. The molecular formula is C17H23NO3S. The highest BCUT2D eigenvalue weighted by Gasteiger charge is 2.22. The first-order valence-electron chi connectivity index (χ1n) is 8.20. The topological polar surface area (TPSA) is 55.4 Å². The van der Waals surface area contributed by atoms with E-state index in [1.165, 1.54) is 41.0 Å². The van der Waals surface area contributed by atoms with Crippen molar-refractivity contribution in [3.63, 3.8) is 0 Å². The van der Waals surface area contributed by atoms with Crippen LogP contribution in [0.2, 0.25) is 0 Å². The predicted octanol–water partition coefficient (Wildman–Crippen LogP) is 3.09. The number of fused-ring (bicyclic) bond motifs is 1. The van der Waals surface area contributed by atoms with Gasteiger partial charge in [-0.2, -0.15) is 0 Å². The monoisotopic (exact) mass is 321 g/mol. The van der Waals surface area contributed by atoms with Crippen LogP contribution in [0.15, 0.2) is 6.07 Å². The van der Waals surface area contributed by atoms with Gasteiger partial charge in [0, 0.05) is 10.9 Å². The first-order chi connectivity index (χ1) is 10.6. The molecule has 0 aliphatic heterocycles. The third kappa shape index (κ3) is 3.69. The Bertz CT molecular complexity index is 560. The highest BCUT2D eigenvalue weighted by Crippen LogP contribution is 2.32. The number of amides is 1. The summed E-state index contributed by atoms with van der Waals surface area (Å²) >= 11 is 1.52. The third-order valence-corrected chi connectivity index (χ3v) is 5.80. The van der Waals surface area contributed by atoms with Crippen molar-refractivity contribution >= 4 is 23.2 Å². The molecule has 1 heterocycles. The van der Waals surface area contributed by atoms with Gasteiger partial charge in [-0.05, 0) is 49.7 Å². The number of hydrogen-bond acceptors (Lipinski definition) is 4. The summed E-state index contributed by atoms with van der Waals surface area (Å²) in [6.07, 6.45) is 7.70. The van der Waals surface area contributed by atoms with Gasteiger partial charge in [-0.1, -0.05) is 19.8 Å². The van der Waals surface area contributed by atoms with Crippen LogP contribution in [0.3, 0.4) is 0 Å². The van der Waals surface area contributed by atoms with Crippen LogP contribution in [0.1, 0.15) is 59.1 Å². The molecule has 0 aromatic carbocycles. The number of thiophene rings is 1. The van der Waals surface area contributed by atoms with Gasteiger partial charge in [-0.25, -0.2) is 4.79 Å². The Hall–Kier alpha value is -1.36. The second-order valence-corrected chi connectivity index (χ2v) is 7.67. The van der Waals surface area contributed by atoms with Crippen molar-refractivity contribution in [2.45, 2.75) is 57.9 Å². The fraction of sp³-hybridized carbons (Fsp3) is 0.647. The lowest BCUT2D eigenvalue weighted by Gasteiger charge is -2.16. The molecule has 22 heavy (non-hydrogen) atoms. The number of rotatable bonds is 4. The quantitative estimate of drug-likeness (QED) is 0.867. The van der Waals surface area contributed by atoms with Gasteiger partial charge in [-0.3, -0.25) is 4.79 Å². The smallest absolute Gasteiger partial charge is 0.348 e. The van der Waals surface area contributed by atoms with Gasteiger partial charge in [0.15, 0.2) is 6.61 Å². The Kier molecular flexibility index (Phi) is 4.81. The zero-order chi connectivity index (χ0) is 15.5. The van der Waals surface area contributed by atoms with Crippen LogP contribution < -0.4 is 5.32 Å². The molecule has 2 aliphatic rings. The van der Waals surface area contributed by atoms with Gasteiger partial charge in [0.05, 0.1) is 0 Å². The largest absolute Gasteiger partial charge is 0.451 e. The van der Waals surface area contributed by atoms with E-state index in [1.54, 1.807) is 0 Å². The maximum atomic E-state index is 12.1. The minimum atomic E-state index is -0.367. The van der Waals surface area contributed by atoms with Crippen LogP contribution in [0.5, 0.6) is 0 Å². The number of carbonyl (C=O) groups is 2. The fourth-order valence-electron chi connectivity index (χ4n) is 3.35. The summed E-state index contributed by atoms with van der Waals surface area (Å²) in [6.45, 7) is 2.07. The van der Waals surface area contributed by atoms with Crippen LogP contribution >= 0.6 is 11.3 Å². The molecule has 0 radical (unpaired) electrons. The lowest BCUT2D eigenvalue weighted by atomic mass is 9.90. The molecule has 0 spiro atoms. The second kappa shape index (κ2) is 6.82. The first kappa shape index (κ1) is 15.5. The van der Waals surface area contributed by atoms with Crippen molar-refractivity contribution in [3.05, 3.63) is 21.4 Å². The molecular weight excluding hydrogens is 298 g/mol. The number of aryl methyl sites for hydroxylation is 1. The van der Waals surface area contributed by atoms with Crippen molar-refractivity contribution in [1.29, 1.82) is 0 Å². The molecule has 1 aromatic heterocycles. The van der Waals surface area contributed by atoms with Gasteiger partial charge < -0.3 is 10.1 Å². The SMILES string of the molecule is C[C@@H]1CCc2sc(C(=O)OCC(=O)NC3CCCC3)cc2C1. The Balaban J connectivity index is 1.50. The number of carbonyl (C=O) groups excluding carboxylic acids is 2. The van der Waals surface area contributed by atoms with Crippen LogP contribution in [0.25, 0.3) is 0 Å². The summed E-state index contributed by atoms with van der Waals surface area (Å²) in [5, 5.41) is 2.93. The van der Waals surface area contributed by atoms with E-state index >= 15 is 0 Å². The van der Waals surface area contributed by atoms with E-state index in [9.17, 15) is 9.59 Å².